The number of amides is 3. The van der Waals surface area contributed by atoms with E-state index >= 15 is 0 Å². The van der Waals surface area contributed by atoms with E-state index in [2.05, 4.69) is 20.9 Å². The Bertz CT molecular complexity index is 888. The van der Waals surface area contributed by atoms with Crippen molar-refractivity contribution in [3.63, 3.8) is 0 Å². The number of hydrogen-bond acceptors (Lipinski definition) is 6. The minimum atomic E-state index is -1.21. The molecule has 1 aromatic rings. The van der Waals surface area contributed by atoms with Gasteiger partial charge in [0.25, 0.3) is 0 Å². The number of rotatable bonds is 14. The molecular weight excluding hydrogens is 454 g/mol. The van der Waals surface area contributed by atoms with Crippen LogP contribution in [0.5, 0.6) is 0 Å². The summed E-state index contributed by atoms with van der Waals surface area (Å²) in [6.45, 7) is 5.23. The van der Waals surface area contributed by atoms with E-state index in [-0.39, 0.29) is 31.3 Å². The predicted octanol–water partition coefficient (Wildman–Crippen LogP) is -1.18. The number of nitrogens with one attached hydrogen (secondary N) is 3. The third-order valence-electron chi connectivity index (χ3n) is 5.25. The molecule has 4 atom stereocenters. The molecule has 0 aliphatic heterocycles. The topological polar surface area (TPSA) is 215 Å². The van der Waals surface area contributed by atoms with Gasteiger partial charge in [-0.15, -0.1) is 0 Å². The van der Waals surface area contributed by atoms with Gasteiger partial charge in [0.15, 0.2) is 5.96 Å². The Hall–Kier alpha value is -3.67. The summed E-state index contributed by atoms with van der Waals surface area (Å²) in [5.74, 6) is -3.24. The van der Waals surface area contributed by atoms with Gasteiger partial charge >= 0.3 is 5.97 Å². The molecule has 3 amide bonds. The molecule has 0 aliphatic carbocycles. The van der Waals surface area contributed by atoms with E-state index in [1.807, 2.05) is 0 Å². The molecule has 12 nitrogen and oxygen atoms in total. The average molecular weight is 492 g/mol. The number of benzene rings is 1. The first kappa shape index (κ1) is 29.4. The van der Waals surface area contributed by atoms with Crippen LogP contribution in [-0.2, 0) is 25.6 Å². The number of carboxylic acid groups (broad SMARTS) is 1. The molecule has 194 valence electrons. The Balaban J connectivity index is 2.91. The highest BCUT2D eigenvalue weighted by atomic mass is 16.4. The van der Waals surface area contributed by atoms with Crippen molar-refractivity contribution in [2.75, 3.05) is 6.54 Å². The molecule has 1 rings (SSSR count). The largest absolute Gasteiger partial charge is 0.480 e. The number of guanidine groups is 1. The molecule has 0 fully saturated rings. The fourth-order valence-corrected chi connectivity index (χ4v) is 3.07. The molecule has 0 radical (unpaired) electrons. The Morgan fingerprint density at radius 2 is 1.51 bits per heavy atom. The van der Waals surface area contributed by atoms with Crippen LogP contribution in [0.2, 0.25) is 0 Å². The van der Waals surface area contributed by atoms with Gasteiger partial charge in [0, 0.05) is 13.0 Å². The van der Waals surface area contributed by atoms with Gasteiger partial charge in [-0.2, -0.15) is 0 Å². The van der Waals surface area contributed by atoms with Crippen LogP contribution in [0, 0.1) is 5.92 Å². The second kappa shape index (κ2) is 14.6. The lowest BCUT2D eigenvalue weighted by Crippen LogP contribution is -2.57. The van der Waals surface area contributed by atoms with Crippen LogP contribution in [0.4, 0.5) is 0 Å². The van der Waals surface area contributed by atoms with Gasteiger partial charge in [0.1, 0.15) is 18.1 Å². The summed E-state index contributed by atoms with van der Waals surface area (Å²) in [4.78, 5) is 53.5. The molecule has 0 saturated heterocycles. The summed E-state index contributed by atoms with van der Waals surface area (Å²) in [6, 6.07) is 4.79. The zero-order valence-electron chi connectivity index (χ0n) is 20.4. The van der Waals surface area contributed by atoms with Crippen LogP contribution in [-0.4, -0.2) is 65.5 Å². The van der Waals surface area contributed by atoms with Crippen LogP contribution in [0.15, 0.2) is 35.3 Å². The lowest BCUT2D eigenvalue weighted by molar-refractivity contribution is -0.142. The number of carbonyl (C=O) groups excluding carboxylic acids is 3. The maximum absolute atomic E-state index is 13.0. The highest BCUT2D eigenvalue weighted by molar-refractivity contribution is 5.94. The lowest BCUT2D eigenvalue weighted by atomic mass is 10.0. The fourth-order valence-electron chi connectivity index (χ4n) is 3.07. The number of aliphatic imine (C=N–C) groups is 1. The lowest BCUT2D eigenvalue weighted by Gasteiger charge is -2.24. The van der Waals surface area contributed by atoms with E-state index in [1.54, 1.807) is 44.2 Å². The summed E-state index contributed by atoms with van der Waals surface area (Å²) in [7, 11) is 0. The van der Waals surface area contributed by atoms with E-state index in [9.17, 15) is 24.3 Å². The van der Waals surface area contributed by atoms with Crippen molar-refractivity contribution in [2.24, 2.45) is 28.1 Å². The first-order valence-electron chi connectivity index (χ1n) is 11.4. The van der Waals surface area contributed by atoms with Crippen LogP contribution in [0.3, 0.4) is 0 Å². The summed E-state index contributed by atoms with van der Waals surface area (Å²) in [5, 5.41) is 17.2. The van der Waals surface area contributed by atoms with Gasteiger partial charge < -0.3 is 38.3 Å². The number of carboxylic acids is 1. The molecule has 0 spiro atoms. The highest BCUT2D eigenvalue weighted by Gasteiger charge is 2.29. The minimum absolute atomic E-state index is 0.0656. The van der Waals surface area contributed by atoms with Crippen molar-refractivity contribution >= 4 is 29.7 Å². The molecule has 35 heavy (non-hydrogen) atoms. The molecule has 0 aromatic heterocycles. The van der Waals surface area contributed by atoms with Crippen LogP contribution in [0.1, 0.15) is 39.2 Å². The van der Waals surface area contributed by atoms with E-state index in [4.69, 9.17) is 17.2 Å². The van der Waals surface area contributed by atoms with Crippen LogP contribution in [0.25, 0.3) is 0 Å². The van der Waals surface area contributed by atoms with Crippen molar-refractivity contribution in [3.05, 3.63) is 35.9 Å². The monoisotopic (exact) mass is 491 g/mol. The molecule has 0 heterocycles. The first-order chi connectivity index (χ1) is 16.4. The highest BCUT2D eigenvalue weighted by Crippen LogP contribution is 2.06. The van der Waals surface area contributed by atoms with E-state index in [1.165, 1.54) is 6.92 Å². The maximum Gasteiger partial charge on any atom is 0.326 e. The minimum Gasteiger partial charge on any atom is -0.480 e. The van der Waals surface area contributed by atoms with E-state index in [0.29, 0.717) is 6.42 Å². The third-order valence-corrected chi connectivity index (χ3v) is 5.25. The van der Waals surface area contributed by atoms with Gasteiger partial charge in [-0.1, -0.05) is 44.2 Å². The summed E-state index contributed by atoms with van der Waals surface area (Å²) in [5.41, 5.74) is 17.2. The first-order valence-corrected chi connectivity index (χ1v) is 11.4. The molecule has 0 aliphatic rings. The molecule has 0 bridgehead atoms. The zero-order chi connectivity index (χ0) is 26.5. The number of aliphatic carboxylic acids is 1. The smallest absolute Gasteiger partial charge is 0.326 e. The maximum atomic E-state index is 13.0. The predicted molar refractivity (Wildman–Crippen MR) is 132 cm³/mol. The Morgan fingerprint density at radius 3 is 2.06 bits per heavy atom. The zero-order valence-corrected chi connectivity index (χ0v) is 20.4. The molecule has 4 unspecified atom stereocenters. The standard InChI is InChI=1S/C23H37N7O5/c1-13(2)18(24)21(33)28-14(3)19(31)29-16(10-7-11-27-23(25)26)20(32)30-17(22(34)35)12-15-8-5-4-6-9-15/h4-6,8-9,13-14,16-18H,7,10-12,24H2,1-3H3,(H,28,33)(H,29,31)(H,30,32)(H,34,35)(H4,25,26,27). The SMILES string of the molecule is CC(NC(=O)C(N)C(C)C)C(=O)NC(CCCN=C(N)N)C(=O)NC(Cc1ccccc1)C(=O)O. The van der Waals surface area contributed by atoms with Gasteiger partial charge in [0.2, 0.25) is 17.7 Å². The Labute approximate surface area is 205 Å². The number of hydrogen-bond donors (Lipinski definition) is 7. The van der Waals surface area contributed by atoms with E-state index < -0.39 is 47.9 Å². The number of nitrogens with zero attached hydrogens (tertiary/aromatic N) is 1. The summed E-state index contributed by atoms with van der Waals surface area (Å²) < 4.78 is 0. The normalized spacial score (nSPS) is 14.2. The van der Waals surface area contributed by atoms with Crippen LogP contribution < -0.4 is 33.2 Å². The van der Waals surface area contributed by atoms with Gasteiger partial charge in [-0.3, -0.25) is 19.4 Å². The Morgan fingerprint density at radius 1 is 0.914 bits per heavy atom. The van der Waals surface area contributed by atoms with E-state index in [0.717, 1.165) is 5.56 Å². The van der Waals surface area contributed by atoms with Gasteiger partial charge in [-0.25, -0.2) is 4.79 Å². The van der Waals surface area contributed by atoms with Crippen molar-refractivity contribution in [3.8, 4) is 0 Å². The quantitative estimate of drug-likeness (QED) is 0.0953. The van der Waals surface area contributed by atoms with Crippen LogP contribution >= 0.6 is 0 Å². The summed E-state index contributed by atoms with van der Waals surface area (Å²) >= 11 is 0. The second-order valence-electron chi connectivity index (χ2n) is 8.60. The Kier molecular flexibility index (Phi) is 12.2. The van der Waals surface area contributed by atoms with Crippen molar-refractivity contribution < 1.29 is 24.3 Å². The third kappa shape index (κ3) is 10.9. The van der Waals surface area contributed by atoms with Crippen molar-refractivity contribution in [1.29, 1.82) is 0 Å². The molecule has 12 heteroatoms. The number of carbonyl (C=O) groups is 4. The molecule has 1 aromatic carbocycles. The van der Waals surface area contributed by atoms with Crippen molar-refractivity contribution in [1.82, 2.24) is 16.0 Å². The second-order valence-corrected chi connectivity index (χ2v) is 8.60. The molecule has 10 N–H and O–H groups in total. The summed E-state index contributed by atoms with van der Waals surface area (Å²) in [6.07, 6.45) is 0.542. The molecule has 0 saturated carbocycles. The van der Waals surface area contributed by atoms with Crippen molar-refractivity contribution in [2.45, 2.75) is 64.2 Å². The van der Waals surface area contributed by atoms with Gasteiger partial charge in [-0.05, 0) is 31.2 Å². The average Bonchev–Trinajstić information content (AvgIpc) is 2.79. The van der Waals surface area contributed by atoms with Gasteiger partial charge in [0.05, 0.1) is 6.04 Å². The number of nitrogens with two attached hydrogens (primary N) is 3. The molecular formula is C23H37N7O5. The fraction of sp³-hybridized carbons (Fsp3) is 0.522.